The van der Waals surface area contributed by atoms with Crippen LogP contribution in [0.15, 0.2) is 18.2 Å². The normalized spacial score (nSPS) is 24.4. The number of rotatable bonds is 5. The monoisotopic (exact) mass is 280 g/mol. The van der Waals surface area contributed by atoms with E-state index in [9.17, 15) is 4.39 Å². The maximum absolute atomic E-state index is 13.5. The van der Waals surface area contributed by atoms with Crippen LogP contribution >= 0.6 is 0 Å². The molecule has 112 valence electrons. The summed E-state index contributed by atoms with van der Waals surface area (Å²) >= 11 is 0. The van der Waals surface area contributed by atoms with Gasteiger partial charge >= 0.3 is 0 Å². The number of hydrazine groups is 1. The van der Waals surface area contributed by atoms with E-state index in [2.05, 4.69) is 12.3 Å². The highest BCUT2D eigenvalue weighted by molar-refractivity contribution is 5.32. The largest absolute Gasteiger partial charge is 0.494 e. The van der Waals surface area contributed by atoms with Gasteiger partial charge in [0.25, 0.3) is 0 Å². The van der Waals surface area contributed by atoms with Crippen molar-refractivity contribution in [3.63, 3.8) is 0 Å². The molecule has 0 aliphatic heterocycles. The van der Waals surface area contributed by atoms with Crippen molar-refractivity contribution in [2.75, 3.05) is 7.11 Å². The maximum atomic E-state index is 13.5. The quantitative estimate of drug-likeness (QED) is 0.640. The third-order valence-corrected chi connectivity index (χ3v) is 4.65. The predicted octanol–water partition coefficient (Wildman–Crippen LogP) is 3.56. The van der Waals surface area contributed by atoms with Gasteiger partial charge in [0, 0.05) is 6.04 Å². The first kappa shape index (κ1) is 15.3. The number of nitrogens with two attached hydrogens (primary N) is 1. The lowest BCUT2D eigenvalue weighted by atomic mass is 9.76. The van der Waals surface area contributed by atoms with Crippen LogP contribution in [0.3, 0.4) is 0 Å². The fourth-order valence-electron chi connectivity index (χ4n) is 3.30. The van der Waals surface area contributed by atoms with Crippen molar-refractivity contribution in [3.8, 4) is 5.75 Å². The first-order chi connectivity index (χ1) is 9.69. The summed E-state index contributed by atoms with van der Waals surface area (Å²) in [5.74, 6) is 7.06. The lowest BCUT2D eigenvalue weighted by Crippen LogP contribution is -2.35. The molecule has 0 radical (unpaired) electrons. The van der Waals surface area contributed by atoms with Crippen LogP contribution in [-0.4, -0.2) is 7.11 Å². The molecule has 1 fully saturated rings. The van der Waals surface area contributed by atoms with E-state index < -0.39 is 0 Å². The van der Waals surface area contributed by atoms with Crippen molar-refractivity contribution in [3.05, 3.63) is 29.6 Å². The zero-order valence-electron chi connectivity index (χ0n) is 12.4. The summed E-state index contributed by atoms with van der Waals surface area (Å²) in [6.07, 6.45) is 6.13. The molecule has 0 heterocycles. The van der Waals surface area contributed by atoms with E-state index in [0.717, 1.165) is 11.5 Å². The summed E-state index contributed by atoms with van der Waals surface area (Å²) < 4.78 is 18.6. The van der Waals surface area contributed by atoms with Crippen molar-refractivity contribution < 1.29 is 9.13 Å². The molecule has 1 atom stereocenters. The molecule has 3 N–H and O–H groups in total. The van der Waals surface area contributed by atoms with E-state index in [1.807, 2.05) is 0 Å². The molecular formula is C16H25FN2O. The molecule has 1 aliphatic carbocycles. The van der Waals surface area contributed by atoms with Crippen molar-refractivity contribution >= 4 is 0 Å². The second-order valence-electron chi connectivity index (χ2n) is 5.73. The number of hydrogen-bond donors (Lipinski definition) is 2. The van der Waals surface area contributed by atoms with Crippen LogP contribution in [0, 0.1) is 17.7 Å². The predicted molar refractivity (Wildman–Crippen MR) is 78.8 cm³/mol. The fourth-order valence-corrected chi connectivity index (χ4v) is 3.30. The van der Waals surface area contributed by atoms with E-state index >= 15 is 0 Å². The van der Waals surface area contributed by atoms with Crippen molar-refractivity contribution in [2.24, 2.45) is 17.7 Å². The Morgan fingerprint density at radius 2 is 2.05 bits per heavy atom. The highest BCUT2D eigenvalue weighted by Crippen LogP contribution is 2.38. The van der Waals surface area contributed by atoms with Crippen molar-refractivity contribution in [1.29, 1.82) is 0 Å². The van der Waals surface area contributed by atoms with Gasteiger partial charge in [-0.25, -0.2) is 4.39 Å². The molecule has 0 bridgehead atoms. The lowest BCUT2D eigenvalue weighted by molar-refractivity contribution is 0.219. The average molecular weight is 280 g/mol. The Bertz CT molecular complexity index is 430. The lowest BCUT2D eigenvalue weighted by Gasteiger charge is -2.33. The maximum Gasteiger partial charge on any atom is 0.165 e. The summed E-state index contributed by atoms with van der Waals surface area (Å²) in [5, 5.41) is 0. The summed E-state index contributed by atoms with van der Waals surface area (Å²) in [6, 6.07) is 5.08. The van der Waals surface area contributed by atoms with Gasteiger partial charge in [-0.1, -0.05) is 32.3 Å². The Morgan fingerprint density at radius 3 is 2.60 bits per heavy atom. The number of ether oxygens (including phenoxy) is 1. The molecule has 0 saturated heterocycles. The first-order valence-corrected chi connectivity index (χ1v) is 7.49. The van der Waals surface area contributed by atoms with E-state index in [-0.39, 0.29) is 17.6 Å². The fraction of sp³-hybridized carbons (Fsp3) is 0.625. The number of nitrogens with one attached hydrogen (secondary N) is 1. The SMILES string of the molecule is CCC1CCC(C(NN)c2ccc(F)c(OC)c2)CC1. The molecule has 0 aromatic heterocycles. The van der Waals surface area contributed by atoms with Crippen LogP contribution in [0.25, 0.3) is 0 Å². The van der Waals surface area contributed by atoms with Crippen LogP contribution in [0.2, 0.25) is 0 Å². The summed E-state index contributed by atoms with van der Waals surface area (Å²) in [6.45, 7) is 2.26. The Kier molecular flexibility index (Phi) is 5.38. The molecule has 2 rings (SSSR count). The first-order valence-electron chi connectivity index (χ1n) is 7.49. The van der Waals surface area contributed by atoms with Crippen molar-refractivity contribution in [2.45, 2.75) is 45.1 Å². The number of halogens is 1. The zero-order chi connectivity index (χ0) is 14.5. The average Bonchev–Trinajstić information content (AvgIpc) is 2.50. The number of methoxy groups -OCH3 is 1. The smallest absolute Gasteiger partial charge is 0.165 e. The second-order valence-corrected chi connectivity index (χ2v) is 5.73. The molecule has 1 saturated carbocycles. The highest BCUT2D eigenvalue weighted by Gasteiger charge is 2.27. The minimum absolute atomic E-state index is 0.0716. The van der Waals surface area contributed by atoms with Gasteiger partial charge < -0.3 is 4.74 Å². The van der Waals surface area contributed by atoms with Gasteiger partial charge in [0.15, 0.2) is 11.6 Å². The highest BCUT2D eigenvalue weighted by atomic mass is 19.1. The van der Waals surface area contributed by atoms with Crippen LogP contribution in [0.1, 0.15) is 50.6 Å². The van der Waals surface area contributed by atoms with E-state index in [1.54, 1.807) is 12.1 Å². The molecule has 4 heteroatoms. The summed E-state index contributed by atoms with van der Waals surface area (Å²) in [4.78, 5) is 0. The molecule has 20 heavy (non-hydrogen) atoms. The van der Waals surface area contributed by atoms with E-state index in [4.69, 9.17) is 10.6 Å². The van der Waals surface area contributed by atoms with Gasteiger partial charge in [-0.2, -0.15) is 0 Å². The van der Waals surface area contributed by atoms with Gasteiger partial charge in [-0.15, -0.1) is 0 Å². The Balaban J connectivity index is 2.12. The number of benzene rings is 1. The van der Waals surface area contributed by atoms with Gasteiger partial charge in [0.05, 0.1) is 7.11 Å². The standard InChI is InChI=1S/C16H25FN2O/c1-3-11-4-6-12(7-5-11)16(19-18)13-8-9-14(17)15(10-13)20-2/h8-12,16,19H,3-7,18H2,1-2H3. The van der Waals surface area contributed by atoms with Crippen molar-refractivity contribution in [1.82, 2.24) is 5.43 Å². The number of hydrogen-bond acceptors (Lipinski definition) is 3. The third kappa shape index (κ3) is 3.30. The minimum Gasteiger partial charge on any atom is -0.494 e. The zero-order valence-corrected chi connectivity index (χ0v) is 12.4. The second kappa shape index (κ2) is 7.04. The topological polar surface area (TPSA) is 47.3 Å². The van der Waals surface area contributed by atoms with Gasteiger partial charge in [0.2, 0.25) is 0 Å². The molecule has 0 spiro atoms. The van der Waals surface area contributed by atoms with E-state index in [0.29, 0.717) is 5.92 Å². The van der Waals surface area contributed by atoms with Gasteiger partial charge in [0.1, 0.15) is 0 Å². The van der Waals surface area contributed by atoms with Crippen LogP contribution in [0.4, 0.5) is 4.39 Å². The summed E-state index contributed by atoms with van der Waals surface area (Å²) in [5.41, 5.74) is 3.92. The third-order valence-electron chi connectivity index (χ3n) is 4.65. The van der Waals surface area contributed by atoms with E-state index in [1.165, 1.54) is 45.3 Å². The summed E-state index contributed by atoms with van der Waals surface area (Å²) in [7, 11) is 1.49. The molecule has 1 aromatic rings. The van der Waals surface area contributed by atoms with Gasteiger partial charge in [-0.3, -0.25) is 11.3 Å². The molecule has 1 aliphatic rings. The van der Waals surface area contributed by atoms with Gasteiger partial charge in [-0.05, 0) is 42.4 Å². The Morgan fingerprint density at radius 1 is 1.35 bits per heavy atom. The molecule has 0 amide bonds. The minimum atomic E-state index is -0.332. The molecular weight excluding hydrogens is 255 g/mol. The molecule has 1 unspecified atom stereocenters. The van der Waals surface area contributed by atoms with Crippen LogP contribution in [-0.2, 0) is 0 Å². The van der Waals surface area contributed by atoms with Crippen LogP contribution in [0.5, 0.6) is 5.75 Å². The molecule has 1 aromatic carbocycles. The molecule has 3 nitrogen and oxygen atoms in total. The Labute approximate surface area is 120 Å². The van der Waals surface area contributed by atoms with Crippen LogP contribution < -0.4 is 16.0 Å². The Hall–Kier alpha value is -1.13.